The predicted octanol–water partition coefficient (Wildman–Crippen LogP) is 4.07. The summed E-state index contributed by atoms with van der Waals surface area (Å²) >= 11 is 2.68. The summed E-state index contributed by atoms with van der Waals surface area (Å²) in [5, 5.41) is 20.4. The van der Waals surface area contributed by atoms with Crippen molar-refractivity contribution in [1.82, 2.24) is 9.97 Å². The Morgan fingerprint density at radius 1 is 0.929 bits per heavy atom. The summed E-state index contributed by atoms with van der Waals surface area (Å²) in [6, 6.07) is 0.621. The molecule has 9 nitrogen and oxygen atoms in total. The average Bonchev–Trinajstić information content (AvgIpc) is 2.53. The number of nitro groups is 2. The van der Waals surface area contributed by atoms with Crippen LogP contribution in [0.1, 0.15) is 11.1 Å². The number of rotatable bonds is 2. The summed E-state index contributed by atoms with van der Waals surface area (Å²) in [4.78, 5) is 33.8. The van der Waals surface area contributed by atoms with Gasteiger partial charge in [-0.3, -0.25) is 25.0 Å². The second kappa shape index (κ2) is 8.32. The van der Waals surface area contributed by atoms with Gasteiger partial charge in [-0.25, -0.2) is 4.98 Å². The van der Waals surface area contributed by atoms with Gasteiger partial charge < -0.3 is 4.98 Å². The Morgan fingerprint density at radius 3 is 1.82 bits per heavy atom. The molecule has 2 aromatic heterocycles. The molecule has 0 fully saturated rings. The van der Waals surface area contributed by atoms with Crippen LogP contribution >= 0.6 is 15.9 Å². The van der Waals surface area contributed by atoms with E-state index in [9.17, 15) is 51.4 Å². The van der Waals surface area contributed by atoms with Crippen LogP contribution in [0, 0.1) is 20.2 Å². The van der Waals surface area contributed by atoms with Crippen LogP contribution in [0.3, 0.4) is 0 Å². The number of halogens is 7. The van der Waals surface area contributed by atoms with Crippen LogP contribution in [-0.2, 0) is 12.4 Å². The second-order valence-electron chi connectivity index (χ2n) is 4.65. The van der Waals surface area contributed by atoms with Gasteiger partial charge in [0.05, 0.1) is 21.0 Å². The molecule has 0 saturated carbocycles. The number of hydrogen-bond acceptors (Lipinski definition) is 6. The van der Waals surface area contributed by atoms with Crippen molar-refractivity contribution in [3.8, 4) is 0 Å². The summed E-state index contributed by atoms with van der Waals surface area (Å²) in [5.41, 5.74) is -5.40. The van der Waals surface area contributed by atoms with Gasteiger partial charge in [0, 0.05) is 24.5 Å². The van der Waals surface area contributed by atoms with Gasteiger partial charge in [0.15, 0.2) is 4.60 Å². The summed E-state index contributed by atoms with van der Waals surface area (Å²) in [5.74, 6) is 0. The number of aromatic nitrogens is 2. The third kappa shape index (κ3) is 6.00. The summed E-state index contributed by atoms with van der Waals surface area (Å²) in [6.45, 7) is 0. The molecule has 0 amide bonds. The van der Waals surface area contributed by atoms with Crippen molar-refractivity contribution in [2.45, 2.75) is 12.4 Å². The minimum atomic E-state index is -4.71. The third-order valence-corrected chi connectivity index (χ3v) is 3.36. The Morgan fingerprint density at radius 2 is 1.39 bits per heavy atom. The zero-order valence-electron chi connectivity index (χ0n) is 12.8. The van der Waals surface area contributed by atoms with Gasteiger partial charge in [0.2, 0.25) is 0 Å². The number of nitrogens with one attached hydrogen (secondary N) is 1. The maximum Gasteiger partial charge on any atom is 0.418 e. The van der Waals surface area contributed by atoms with Crippen molar-refractivity contribution in [2.75, 3.05) is 0 Å². The molecular formula is C12H5BrF6N4O5. The molecule has 0 aliphatic carbocycles. The molecular weight excluding hydrogens is 474 g/mol. The number of H-pyrrole nitrogens is 1. The highest BCUT2D eigenvalue weighted by Crippen LogP contribution is 2.33. The molecule has 16 heteroatoms. The highest BCUT2D eigenvalue weighted by molar-refractivity contribution is 9.10. The molecule has 1 N–H and O–H groups in total. The molecule has 0 radical (unpaired) electrons. The van der Waals surface area contributed by atoms with Crippen molar-refractivity contribution >= 4 is 27.3 Å². The Kier molecular flexibility index (Phi) is 6.84. The van der Waals surface area contributed by atoms with Gasteiger partial charge in [-0.1, -0.05) is 0 Å². The maximum atomic E-state index is 12.1. The zero-order chi connectivity index (χ0) is 21.9. The summed E-state index contributed by atoms with van der Waals surface area (Å²) in [7, 11) is 0. The minimum absolute atomic E-state index is 0.193. The molecule has 2 aromatic rings. The lowest BCUT2D eigenvalue weighted by molar-refractivity contribution is -0.386. The van der Waals surface area contributed by atoms with Gasteiger partial charge in [0.25, 0.3) is 0 Å². The predicted molar refractivity (Wildman–Crippen MR) is 82.3 cm³/mol. The lowest BCUT2D eigenvalue weighted by Crippen LogP contribution is -2.15. The van der Waals surface area contributed by atoms with E-state index in [-0.39, 0.29) is 10.7 Å². The first-order valence-electron chi connectivity index (χ1n) is 6.46. The van der Waals surface area contributed by atoms with Crippen LogP contribution in [0.4, 0.5) is 37.7 Å². The van der Waals surface area contributed by atoms with Crippen LogP contribution in [-0.4, -0.2) is 19.8 Å². The molecule has 2 heterocycles. The molecule has 152 valence electrons. The monoisotopic (exact) mass is 478 g/mol. The maximum absolute atomic E-state index is 12.1. The summed E-state index contributed by atoms with van der Waals surface area (Å²) < 4.78 is 72.1. The molecule has 0 atom stereocenters. The van der Waals surface area contributed by atoms with Crippen molar-refractivity contribution in [3.63, 3.8) is 0 Å². The van der Waals surface area contributed by atoms with Crippen LogP contribution in [0.25, 0.3) is 0 Å². The van der Waals surface area contributed by atoms with Crippen LogP contribution in [0.2, 0.25) is 0 Å². The van der Waals surface area contributed by atoms with Gasteiger partial charge in [0.1, 0.15) is 0 Å². The molecule has 0 aliphatic heterocycles. The molecule has 0 unspecified atom stereocenters. The lowest BCUT2D eigenvalue weighted by atomic mass is 10.2. The second-order valence-corrected chi connectivity index (χ2v) is 5.40. The van der Waals surface area contributed by atoms with Crippen molar-refractivity contribution < 1.29 is 36.2 Å². The highest BCUT2D eigenvalue weighted by atomic mass is 79.9. The molecule has 2 rings (SSSR count). The smallest absolute Gasteiger partial charge is 0.323 e. The molecule has 0 saturated heterocycles. The number of alkyl halides is 6. The van der Waals surface area contributed by atoms with Crippen molar-refractivity contribution in [3.05, 3.63) is 70.8 Å². The first kappa shape index (κ1) is 23.0. The van der Waals surface area contributed by atoms with Crippen LogP contribution in [0.15, 0.2) is 33.9 Å². The molecule has 0 bridgehead atoms. The van der Waals surface area contributed by atoms with E-state index in [1.807, 2.05) is 0 Å². The molecule has 0 aliphatic rings. The SMILES string of the molecule is O=[N+]([O-])c1cc(C(F)(F)F)cnc1Br.O=c1[nH]cc(C(F)(F)F)cc1[N+](=O)[O-]. The van der Waals surface area contributed by atoms with E-state index in [4.69, 9.17) is 0 Å². The van der Waals surface area contributed by atoms with E-state index >= 15 is 0 Å². The fraction of sp³-hybridized carbons (Fsp3) is 0.167. The van der Waals surface area contributed by atoms with E-state index in [1.54, 1.807) is 4.98 Å². The topological polar surface area (TPSA) is 132 Å². The first-order chi connectivity index (χ1) is 12.6. The molecule has 0 aromatic carbocycles. The Labute approximate surface area is 157 Å². The van der Waals surface area contributed by atoms with E-state index < -0.39 is 50.3 Å². The van der Waals surface area contributed by atoms with E-state index in [2.05, 4.69) is 20.9 Å². The minimum Gasteiger partial charge on any atom is -0.323 e. The normalized spacial score (nSPS) is 11.4. The van der Waals surface area contributed by atoms with Gasteiger partial charge in [-0.05, 0) is 15.9 Å². The number of aromatic amines is 1. The fourth-order valence-corrected chi connectivity index (χ4v) is 1.85. The van der Waals surface area contributed by atoms with Gasteiger partial charge in [-0.2, -0.15) is 26.3 Å². The Bertz CT molecular complexity index is 959. The number of pyridine rings is 2. The first-order valence-corrected chi connectivity index (χ1v) is 7.25. The molecule has 0 spiro atoms. The molecule has 28 heavy (non-hydrogen) atoms. The largest absolute Gasteiger partial charge is 0.418 e. The van der Waals surface area contributed by atoms with Crippen LogP contribution < -0.4 is 5.56 Å². The number of nitrogens with zero attached hydrogens (tertiary/aromatic N) is 3. The standard InChI is InChI=1S/C6H2BrF3N2O2.C6H3F3N2O3/c7-5-4(12(13)14)1-3(2-11-5)6(8,9)10;7-6(8,9)3-1-4(11(13)14)5(12)10-2-3/h1-2H;1-2H,(H,10,12). The van der Waals surface area contributed by atoms with Gasteiger partial charge in [-0.15, -0.1) is 0 Å². The summed E-state index contributed by atoms with van der Waals surface area (Å²) in [6.07, 6.45) is -8.43. The van der Waals surface area contributed by atoms with Crippen molar-refractivity contribution in [2.24, 2.45) is 0 Å². The van der Waals surface area contributed by atoms with Gasteiger partial charge >= 0.3 is 29.3 Å². The van der Waals surface area contributed by atoms with E-state index in [0.717, 1.165) is 0 Å². The average molecular weight is 479 g/mol. The fourth-order valence-electron chi connectivity index (χ4n) is 1.49. The van der Waals surface area contributed by atoms with E-state index in [1.165, 1.54) is 0 Å². The third-order valence-electron chi connectivity index (χ3n) is 2.75. The van der Waals surface area contributed by atoms with E-state index in [0.29, 0.717) is 18.5 Å². The Balaban J connectivity index is 0.000000280. The number of hydrogen-bond donors (Lipinski definition) is 1. The quantitative estimate of drug-likeness (QED) is 0.299. The Hall–Kier alpha value is -3.04. The van der Waals surface area contributed by atoms with Crippen molar-refractivity contribution in [1.29, 1.82) is 0 Å². The highest BCUT2D eigenvalue weighted by Gasteiger charge is 2.34. The lowest BCUT2D eigenvalue weighted by Gasteiger charge is -2.05. The zero-order valence-corrected chi connectivity index (χ0v) is 14.4. The van der Waals surface area contributed by atoms with Crippen LogP contribution in [0.5, 0.6) is 0 Å².